The van der Waals surface area contributed by atoms with Crippen LogP contribution in [0.5, 0.6) is 0 Å². The number of hydrogen-bond donors (Lipinski definition) is 0. The van der Waals surface area contributed by atoms with E-state index in [4.69, 9.17) is 9.47 Å². The van der Waals surface area contributed by atoms with E-state index in [1.54, 1.807) is 6.92 Å². The van der Waals surface area contributed by atoms with Gasteiger partial charge in [0.2, 0.25) is 12.1 Å². The summed E-state index contributed by atoms with van der Waals surface area (Å²) in [5.74, 6) is -0.0336. The monoisotopic (exact) mass is 140 g/mol. The number of Topliss-reactive ketones (excluding diaryl/α,β-unsaturated/α-hetero) is 1. The van der Waals surface area contributed by atoms with Crippen LogP contribution in [-0.2, 0) is 14.3 Å². The molecule has 2 atom stereocenters. The molecule has 0 spiro atoms. The molecule has 0 radical (unpaired) electrons. The largest absolute Gasteiger partial charge is 0.343 e. The minimum Gasteiger partial charge on any atom is -0.343 e. The van der Waals surface area contributed by atoms with Gasteiger partial charge in [-0.05, 0) is 18.6 Å². The van der Waals surface area contributed by atoms with Crippen molar-refractivity contribution in [3.8, 4) is 0 Å². The molecule has 2 aliphatic heterocycles. The summed E-state index contributed by atoms with van der Waals surface area (Å²) in [6.45, 7) is 2.31. The second-order valence-electron chi connectivity index (χ2n) is 2.55. The van der Waals surface area contributed by atoms with Gasteiger partial charge in [0.25, 0.3) is 0 Å². The number of hydrogen-bond acceptors (Lipinski definition) is 3. The number of carbonyl (C=O) groups is 1. The lowest BCUT2D eigenvalue weighted by Gasteiger charge is -2.13. The summed E-state index contributed by atoms with van der Waals surface area (Å²) in [4.78, 5) is 11.1. The summed E-state index contributed by atoms with van der Waals surface area (Å²) in [5.41, 5.74) is 0.763. The molecule has 1 fully saturated rings. The van der Waals surface area contributed by atoms with Crippen molar-refractivity contribution in [3.63, 3.8) is 0 Å². The van der Waals surface area contributed by atoms with Crippen molar-refractivity contribution in [3.05, 3.63) is 11.6 Å². The van der Waals surface area contributed by atoms with E-state index >= 15 is 0 Å². The molecule has 2 rings (SSSR count). The highest BCUT2D eigenvalue weighted by atomic mass is 16.7. The number of ether oxygens (including phenoxy) is 2. The summed E-state index contributed by atoms with van der Waals surface area (Å²) >= 11 is 0. The molecule has 1 saturated heterocycles. The van der Waals surface area contributed by atoms with Gasteiger partial charge in [-0.2, -0.15) is 0 Å². The Balaban J connectivity index is 2.33. The molecular weight excluding hydrogens is 132 g/mol. The van der Waals surface area contributed by atoms with Crippen molar-refractivity contribution in [1.82, 2.24) is 0 Å². The summed E-state index contributed by atoms with van der Waals surface area (Å²) in [5, 5.41) is 0. The molecule has 0 aromatic heterocycles. The van der Waals surface area contributed by atoms with Crippen molar-refractivity contribution in [2.45, 2.75) is 19.3 Å². The van der Waals surface area contributed by atoms with E-state index in [1.807, 2.05) is 6.08 Å². The maximum absolute atomic E-state index is 11.1. The van der Waals surface area contributed by atoms with Gasteiger partial charge in [-0.1, -0.05) is 0 Å². The fraction of sp³-hybridized carbons (Fsp3) is 0.571. The van der Waals surface area contributed by atoms with Gasteiger partial charge >= 0.3 is 0 Å². The van der Waals surface area contributed by atoms with Crippen LogP contribution in [-0.4, -0.2) is 24.8 Å². The zero-order chi connectivity index (χ0) is 7.14. The van der Waals surface area contributed by atoms with Crippen LogP contribution in [0, 0.1) is 0 Å². The van der Waals surface area contributed by atoms with E-state index in [1.165, 1.54) is 0 Å². The van der Waals surface area contributed by atoms with Gasteiger partial charge in [0, 0.05) is 0 Å². The lowest BCUT2D eigenvalue weighted by atomic mass is 10.1. The van der Waals surface area contributed by atoms with E-state index < -0.39 is 6.29 Å². The van der Waals surface area contributed by atoms with Crippen LogP contribution in [0.25, 0.3) is 0 Å². The van der Waals surface area contributed by atoms with Crippen LogP contribution >= 0.6 is 0 Å². The highest BCUT2D eigenvalue weighted by molar-refractivity contribution is 5.98. The highest BCUT2D eigenvalue weighted by Crippen LogP contribution is 2.22. The van der Waals surface area contributed by atoms with Crippen molar-refractivity contribution in [1.29, 1.82) is 0 Å². The molecule has 0 N–H and O–H groups in total. The Morgan fingerprint density at radius 1 is 1.70 bits per heavy atom. The van der Waals surface area contributed by atoms with Crippen LogP contribution in [0.15, 0.2) is 11.6 Å². The Bertz CT molecular complexity index is 207. The molecule has 54 valence electrons. The van der Waals surface area contributed by atoms with Gasteiger partial charge in [0.05, 0.1) is 6.61 Å². The van der Waals surface area contributed by atoms with E-state index in [0.717, 1.165) is 5.57 Å². The first kappa shape index (κ1) is 6.07. The topological polar surface area (TPSA) is 35.5 Å². The molecule has 2 heterocycles. The third-order valence-corrected chi connectivity index (χ3v) is 1.75. The second kappa shape index (κ2) is 1.90. The molecular formula is C7H8O3. The number of carbonyl (C=O) groups excluding carboxylic acids is 1. The molecule has 3 heteroatoms. The van der Waals surface area contributed by atoms with Crippen molar-refractivity contribution in [2.75, 3.05) is 6.61 Å². The first-order chi connectivity index (χ1) is 4.77. The normalized spacial score (nSPS) is 38.1. The summed E-state index contributed by atoms with van der Waals surface area (Å²) < 4.78 is 10.2. The molecule has 0 aliphatic carbocycles. The Kier molecular flexibility index (Phi) is 1.16. The number of rotatable bonds is 0. The van der Waals surface area contributed by atoms with Gasteiger partial charge in [-0.3, -0.25) is 4.79 Å². The SMILES string of the molecule is CC1=CC2COC(O2)C1=O. The lowest BCUT2D eigenvalue weighted by Crippen LogP contribution is -2.27. The Labute approximate surface area is 58.6 Å². The average molecular weight is 140 g/mol. The van der Waals surface area contributed by atoms with E-state index in [2.05, 4.69) is 0 Å². The maximum atomic E-state index is 11.1. The van der Waals surface area contributed by atoms with Gasteiger partial charge in [-0.15, -0.1) is 0 Å². The first-order valence-electron chi connectivity index (χ1n) is 3.27. The highest BCUT2D eigenvalue weighted by Gasteiger charge is 2.35. The summed E-state index contributed by atoms with van der Waals surface area (Å²) in [6, 6.07) is 0. The van der Waals surface area contributed by atoms with Crippen LogP contribution in [0.3, 0.4) is 0 Å². The maximum Gasteiger partial charge on any atom is 0.223 e. The van der Waals surface area contributed by atoms with E-state index in [-0.39, 0.29) is 11.9 Å². The first-order valence-corrected chi connectivity index (χ1v) is 3.27. The van der Waals surface area contributed by atoms with Crippen LogP contribution in [0.4, 0.5) is 0 Å². The number of fused-ring (bicyclic) bond motifs is 2. The van der Waals surface area contributed by atoms with Crippen LogP contribution in [0.2, 0.25) is 0 Å². The molecule has 2 bridgehead atoms. The van der Waals surface area contributed by atoms with Crippen LogP contribution in [0.1, 0.15) is 6.92 Å². The standard InChI is InChI=1S/C7H8O3/c1-4-2-5-3-9-7(10-5)6(4)8/h2,5,7H,3H2,1H3. The Morgan fingerprint density at radius 2 is 2.50 bits per heavy atom. The van der Waals surface area contributed by atoms with Crippen molar-refractivity contribution in [2.24, 2.45) is 0 Å². The fourth-order valence-corrected chi connectivity index (χ4v) is 1.19. The third-order valence-electron chi connectivity index (χ3n) is 1.75. The Hall–Kier alpha value is -0.670. The third kappa shape index (κ3) is 0.711. The van der Waals surface area contributed by atoms with E-state index in [0.29, 0.717) is 6.61 Å². The van der Waals surface area contributed by atoms with Crippen molar-refractivity contribution < 1.29 is 14.3 Å². The lowest BCUT2D eigenvalue weighted by molar-refractivity contribution is -0.143. The summed E-state index contributed by atoms with van der Waals surface area (Å²) in [6.07, 6.45) is 1.23. The molecule has 2 aliphatic rings. The zero-order valence-corrected chi connectivity index (χ0v) is 5.66. The number of ketones is 1. The molecule has 0 aromatic carbocycles. The second-order valence-corrected chi connectivity index (χ2v) is 2.55. The predicted octanol–water partition coefficient (Wildman–Crippen LogP) is 0.257. The molecule has 0 amide bonds. The quantitative estimate of drug-likeness (QED) is 0.484. The average Bonchev–Trinajstić information content (AvgIpc) is 2.29. The molecule has 0 aromatic rings. The minimum atomic E-state index is -0.602. The Morgan fingerprint density at radius 3 is 3.30 bits per heavy atom. The van der Waals surface area contributed by atoms with Crippen LogP contribution < -0.4 is 0 Å². The summed E-state index contributed by atoms with van der Waals surface area (Å²) in [7, 11) is 0. The van der Waals surface area contributed by atoms with Gasteiger partial charge in [0.15, 0.2) is 0 Å². The fourth-order valence-electron chi connectivity index (χ4n) is 1.19. The predicted molar refractivity (Wildman–Crippen MR) is 33.4 cm³/mol. The zero-order valence-electron chi connectivity index (χ0n) is 5.66. The minimum absolute atomic E-state index is 0.0164. The van der Waals surface area contributed by atoms with Crippen molar-refractivity contribution >= 4 is 5.78 Å². The van der Waals surface area contributed by atoms with Gasteiger partial charge < -0.3 is 9.47 Å². The molecule has 3 nitrogen and oxygen atoms in total. The van der Waals surface area contributed by atoms with Gasteiger partial charge in [0.1, 0.15) is 6.10 Å². The molecule has 10 heavy (non-hydrogen) atoms. The molecule has 0 saturated carbocycles. The smallest absolute Gasteiger partial charge is 0.223 e. The molecule has 2 unspecified atom stereocenters. The van der Waals surface area contributed by atoms with E-state index in [9.17, 15) is 4.79 Å². The van der Waals surface area contributed by atoms with Gasteiger partial charge in [-0.25, -0.2) is 0 Å².